The lowest BCUT2D eigenvalue weighted by atomic mass is 10.2. The Hall–Kier alpha value is -0.230. The van der Waals surface area contributed by atoms with Crippen molar-refractivity contribution in [3.63, 3.8) is 0 Å². The molecular formula is C13H14Br2N2S. The first kappa shape index (κ1) is 14.2. The van der Waals surface area contributed by atoms with E-state index in [4.69, 9.17) is 0 Å². The van der Waals surface area contributed by atoms with E-state index in [1.165, 1.54) is 0 Å². The standard InChI is InChI=1S/C13H14Br2N2S/c1-3-16-8(2)12-7-18-13(17-12)9-4-5-10(14)11(15)6-9/h4-8,16H,3H2,1-2H3. The third kappa shape index (κ3) is 3.20. The topological polar surface area (TPSA) is 24.9 Å². The monoisotopic (exact) mass is 388 g/mol. The molecule has 2 rings (SSSR count). The molecule has 1 aromatic carbocycles. The van der Waals surface area contributed by atoms with Gasteiger partial charge in [-0.25, -0.2) is 4.98 Å². The van der Waals surface area contributed by atoms with E-state index in [-0.39, 0.29) is 0 Å². The summed E-state index contributed by atoms with van der Waals surface area (Å²) in [5.74, 6) is 0. The highest BCUT2D eigenvalue weighted by atomic mass is 79.9. The van der Waals surface area contributed by atoms with Crippen LogP contribution >= 0.6 is 43.2 Å². The molecular weight excluding hydrogens is 376 g/mol. The highest BCUT2D eigenvalue weighted by Gasteiger charge is 2.10. The van der Waals surface area contributed by atoms with E-state index in [2.05, 4.69) is 73.5 Å². The van der Waals surface area contributed by atoms with Crippen LogP contribution in [-0.4, -0.2) is 11.5 Å². The lowest BCUT2D eigenvalue weighted by Gasteiger charge is -2.08. The van der Waals surface area contributed by atoms with Gasteiger partial charge in [0.2, 0.25) is 0 Å². The number of thiazole rings is 1. The molecule has 0 saturated heterocycles. The first-order valence-electron chi connectivity index (χ1n) is 5.76. The second-order valence-corrected chi connectivity index (χ2v) is 6.55. The molecule has 5 heteroatoms. The van der Waals surface area contributed by atoms with Crippen LogP contribution in [0.25, 0.3) is 10.6 Å². The number of halogens is 2. The van der Waals surface area contributed by atoms with Crippen molar-refractivity contribution in [1.29, 1.82) is 0 Å². The summed E-state index contributed by atoms with van der Waals surface area (Å²) in [5, 5.41) is 6.56. The molecule has 0 fully saturated rings. The Balaban J connectivity index is 2.26. The molecule has 0 aliphatic carbocycles. The van der Waals surface area contributed by atoms with E-state index in [1.807, 2.05) is 6.07 Å². The summed E-state index contributed by atoms with van der Waals surface area (Å²) in [6.07, 6.45) is 0. The van der Waals surface area contributed by atoms with Gasteiger partial charge in [0, 0.05) is 25.9 Å². The number of nitrogens with zero attached hydrogens (tertiary/aromatic N) is 1. The summed E-state index contributed by atoms with van der Waals surface area (Å²) in [4.78, 5) is 4.69. The quantitative estimate of drug-likeness (QED) is 0.795. The van der Waals surface area contributed by atoms with Crippen molar-refractivity contribution in [2.45, 2.75) is 19.9 Å². The Morgan fingerprint density at radius 1 is 1.33 bits per heavy atom. The van der Waals surface area contributed by atoms with Gasteiger partial charge in [0.25, 0.3) is 0 Å². The Labute approximate surface area is 128 Å². The molecule has 0 aliphatic rings. The molecule has 0 bridgehead atoms. The van der Waals surface area contributed by atoms with Crippen molar-refractivity contribution in [3.05, 3.63) is 38.2 Å². The van der Waals surface area contributed by atoms with E-state index in [1.54, 1.807) is 11.3 Å². The first-order valence-corrected chi connectivity index (χ1v) is 8.22. The third-order valence-electron chi connectivity index (χ3n) is 2.64. The predicted octanol–water partition coefficient (Wildman–Crippen LogP) is 5.01. The number of nitrogens with one attached hydrogen (secondary N) is 1. The summed E-state index contributed by atoms with van der Waals surface area (Å²) in [6.45, 7) is 5.20. The summed E-state index contributed by atoms with van der Waals surface area (Å²) < 4.78 is 2.11. The maximum atomic E-state index is 4.69. The van der Waals surface area contributed by atoms with Gasteiger partial charge >= 0.3 is 0 Å². The van der Waals surface area contributed by atoms with Crippen molar-refractivity contribution in [1.82, 2.24) is 10.3 Å². The minimum absolute atomic E-state index is 0.305. The average Bonchev–Trinajstić information content (AvgIpc) is 2.82. The van der Waals surface area contributed by atoms with Crippen molar-refractivity contribution in [2.75, 3.05) is 6.54 Å². The van der Waals surface area contributed by atoms with Gasteiger partial charge in [0.15, 0.2) is 0 Å². The molecule has 1 atom stereocenters. The highest BCUT2D eigenvalue weighted by Crippen LogP contribution is 2.31. The molecule has 2 aromatic rings. The van der Waals surface area contributed by atoms with Crippen molar-refractivity contribution in [2.24, 2.45) is 0 Å². The van der Waals surface area contributed by atoms with E-state index in [9.17, 15) is 0 Å². The summed E-state index contributed by atoms with van der Waals surface area (Å²) in [5.41, 5.74) is 2.25. The van der Waals surface area contributed by atoms with Gasteiger partial charge in [-0.3, -0.25) is 0 Å². The molecule has 1 unspecified atom stereocenters. The normalized spacial score (nSPS) is 12.7. The van der Waals surface area contributed by atoms with Crippen molar-refractivity contribution >= 4 is 43.2 Å². The van der Waals surface area contributed by atoms with Crippen LogP contribution in [0.3, 0.4) is 0 Å². The fourth-order valence-corrected chi connectivity index (χ4v) is 3.19. The number of hydrogen-bond acceptors (Lipinski definition) is 3. The predicted molar refractivity (Wildman–Crippen MR) is 85.0 cm³/mol. The minimum Gasteiger partial charge on any atom is -0.309 e. The molecule has 0 amide bonds. The molecule has 1 aromatic heterocycles. The summed E-state index contributed by atoms with van der Waals surface area (Å²) >= 11 is 8.68. The van der Waals surface area contributed by atoms with Gasteiger partial charge < -0.3 is 5.32 Å². The summed E-state index contributed by atoms with van der Waals surface area (Å²) in [6, 6.07) is 6.51. The van der Waals surface area contributed by atoms with Crippen LogP contribution in [0, 0.1) is 0 Å². The number of aromatic nitrogens is 1. The van der Waals surface area contributed by atoms with E-state index in [0.717, 1.165) is 31.8 Å². The van der Waals surface area contributed by atoms with Gasteiger partial charge in [-0.2, -0.15) is 0 Å². The zero-order valence-corrected chi connectivity index (χ0v) is 14.2. The third-order valence-corrected chi connectivity index (χ3v) is 5.43. The van der Waals surface area contributed by atoms with Gasteiger partial charge in [0.05, 0.1) is 5.69 Å². The SMILES string of the molecule is CCNC(C)c1csc(-c2ccc(Br)c(Br)c2)n1. The lowest BCUT2D eigenvalue weighted by molar-refractivity contribution is 0.587. The Bertz CT molecular complexity index is 540. The Kier molecular flexibility index (Phi) is 4.95. The maximum Gasteiger partial charge on any atom is 0.123 e. The fourth-order valence-electron chi connectivity index (χ4n) is 1.66. The Morgan fingerprint density at radius 2 is 2.11 bits per heavy atom. The molecule has 0 saturated carbocycles. The molecule has 0 radical (unpaired) electrons. The number of hydrogen-bond donors (Lipinski definition) is 1. The second-order valence-electron chi connectivity index (χ2n) is 3.99. The van der Waals surface area contributed by atoms with Gasteiger partial charge in [-0.05, 0) is 57.5 Å². The second kappa shape index (κ2) is 6.28. The first-order chi connectivity index (χ1) is 8.61. The van der Waals surface area contributed by atoms with Crippen LogP contribution in [-0.2, 0) is 0 Å². The summed E-state index contributed by atoms with van der Waals surface area (Å²) in [7, 11) is 0. The molecule has 1 N–H and O–H groups in total. The van der Waals surface area contributed by atoms with Gasteiger partial charge in [0.1, 0.15) is 5.01 Å². The maximum absolute atomic E-state index is 4.69. The highest BCUT2D eigenvalue weighted by molar-refractivity contribution is 9.13. The average molecular weight is 390 g/mol. The Morgan fingerprint density at radius 3 is 2.78 bits per heavy atom. The lowest BCUT2D eigenvalue weighted by Crippen LogP contribution is -2.17. The molecule has 96 valence electrons. The number of benzene rings is 1. The molecule has 0 aliphatic heterocycles. The smallest absolute Gasteiger partial charge is 0.123 e. The van der Waals surface area contributed by atoms with Crippen LogP contribution in [0.2, 0.25) is 0 Å². The van der Waals surface area contributed by atoms with E-state index < -0.39 is 0 Å². The van der Waals surface area contributed by atoms with Crippen molar-refractivity contribution in [3.8, 4) is 10.6 Å². The molecule has 0 spiro atoms. The van der Waals surface area contributed by atoms with Crippen LogP contribution in [0.5, 0.6) is 0 Å². The van der Waals surface area contributed by atoms with E-state index >= 15 is 0 Å². The zero-order chi connectivity index (χ0) is 13.1. The zero-order valence-electron chi connectivity index (χ0n) is 10.2. The molecule has 1 heterocycles. The van der Waals surface area contributed by atoms with Crippen LogP contribution < -0.4 is 5.32 Å². The minimum atomic E-state index is 0.305. The largest absolute Gasteiger partial charge is 0.309 e. The van der Waals surface area contributed by atoms with Crippen molar-refractivity contribution < 1.29 is 0 Å². The van der Waals surface area contributed by atoms with Crippen LogP contribution in [0.15, 0.2) is 32.5 Å². The number of rotatable bonds is 4. The van der Waals surface area contributed by atoms with Gasteiger partial charge in [-0.15, -0.1) is 11.3 Å². The fraction of sp³-hybridized carbons (Fsp3) is 0.308. The van der Waals surface area contributed by atoms with E-state index in [0.29, 0.717) is 6.04 Å². The van der Waals surface area contributed by atoms with Gasteiger partial charge in [-0.1, -0.05) is 13.0 Å². The van der Waals surface area contributed by atoms with Crippen LogP contribution in [0.1, 0.15) is 25.6 Å². The van der Waals surface area contributed by atoms with Crippen LogP contribution in [0.4, 0.5) is 0 Å². The molecule has 2 nitrogen and oxygen atoms in total. The molecule has 18 heavy (non-hydrogen) atoms.